The second kappa shape index (κ2) is 5.78. The van der Waals surface area contributed by atoms with Gasteiger partial charge < -0.3 is 5.73 Å². The molecule has 2 N–H and O–H groups in total. The lowest BCUT2D eigenvalue weighted by molar-refractivity contribution is 0.721. The topological polar surface area (TPSA) is 26.0 Å². The standard InChI is InChI=1S/C18H16BrN/c19-17-8-4-3-7-15(17)12-18(20)16-10-9-13-5-1-2-6-14(13)11-16/h1-11,18H,12,20H2. The molecule has 3 aromatic carbocycles. The summed E-state index contributed by atoms with van der Waals surface area (Å²) in [4.78, 5) is 0. The summed E-state index contributed by atoms with van der Waals surface area (Å²) >= 11 is 3.58. The quantitative estimate of drug-likeness (QED) is 0.732. The highest BCUT2D eigenvalue weighted by Gasteiger charge is 2.09. The van der Waals surface area contributed by atoms with Crippen molar-refractivity contribution in [3.63, 3.8) is 0 Å². The van der Waals surface area contributed by atoms with Gasteiger partial charge in [-0.05, 0) is 40.5 Å². The van der Waals surface area contributed by atoms with Crippen LogP contribution < -0.4 is 5.73 Å². The Morgan fingerprint density at radius 2 is 1.55 bits per heavy atom. The van der Waals surface area contributed by atoms with E-state index in [1.165, 1.54) is 21.9 Å². The molecule has 0 bridgehead atoms. The summed E-state index contributed by atoms with van der Waals surface area (Å²) in [6.45, 7) is 0. The van der Waals surface area contributed by atoms with Gasteiger partial charge in [-0.3, -0.25) is 0 Å². The number of rotatable bonds is 3. The van der Waals surface area contributed by atoms with Gasteiger partial charge in [0, 0.05) is 10.5 Å². The molecule has 0 fully saturated rings. The van der Waals surface area contributed by atoms with E-state index in [1.54, 1.807) is 0 Å². The molecule has 0 aromatic heterocycles. The van der Waals surface area contributed by atoms with E-state index in [0.29, 0.717) is 0 Å². The van der Waals surface area contributed by atoms with Crippen LogP contribution in [-0.4, -0.2) is 0 Å². The number of benzene rings is 3. The number of fused-ring (bicyclic) bond motifs is 1. The monoisotopic (exact) mass is 325 g/mol. The largest absolute Gasteiger partial charge is 0.324 e. The van der Waals surface area contributed by atoms with Crippen LogP contribution in [0.2, 0.25) is 0 Å². The maximum absolute atomic E-state index is 6.37. The lowest BCUT2D eigenvalue weighted by Gasteiger charge is -2.14. The van der Waals surface area contributed by atoms with Crippen LogP contribution in [0.15, 0.2) is 71.2 Å². The fourth-order valence-electron chi connectivity index (χ4n) is 2.46. The van der Waals surface area contributed by atoms with Crippen molar-refractivity contribution in [2.24, 2.45) is 5.73 Å². The highest BCUT2D eigenvalue weighted by Crippen LogP contribution is 2.24. The first-order valence-electron chi connectivity index (χ1n) is 6.72. The van der Waals surface area contributed by atoms with E-state index in [1.807, 2.05) is 12.1 Å². The van der Waals surface area contributed by atoms with Crippen molar-refractivity contribution in [1.82, 2.24) is 0 Å². The van der Waals surface area contributed by atoms with Gasteiger partial charge in [-0.25, -0.2) is 0 Å². The van der Waals surface area contributed by atoms with E-state index in [2.05, 4.69) is 70.5 Å². The molecule has 0 aliphatic rings. The van der Waals surface area contributed by atoms with Gasteiger partial charge in [0.1, 0.15) is 0 Å². The molecule has 0 aliphatic heterocycles. The van der Waals surface area contributed by atoms with Gasteiger partial charge in [-0.2, -0.15) is 0 Å². The van der Waals surface area contributed by atoms with Crippen LogP contribution in [0.4, 0.5) is 0 Å². The minimum atomic E-state index is 0.0123. The first-order chi connectivity index (χ1) is 9.74. The molecule has 0 amide bonds. The molecule has 0 heterocycles. The maximum Gasteiger partial charge on any atom is 0.0336 e. The Labute approximate surface area is 127 Å². The minimum Gasteiger partial charge on any atom is -0.324 e. The molecule has 100 valence electrons. The number of halogens is 1. The second-order valence-electron chi connectivity index (χ2n) is 5.01. The third-order valence-corrected chi connectivity index (χ3v) is 4.37. The first-order valence-corrected chi connectivity index (χ1v) is 7.51. The average Bonchev–Trinajstić information content (AvgIpc) is 2.49. The molecule has 3 rings (SSSR count). The molecule has 0 radical (unpaired) electrons. The van der Waals surface area contributed by atoms with Crippen molar-refractivity contribution in [2.75, 3.05) is 0 Å². The van der Waals surface area contributed by atoms with Crippen LogP contribution in [0.5, 0.6) is 0 Å². The van der Waals surface area contributed by atoms with Gasteiger partial charge in [0.25, 0.3) is 0 Å². The van der Waals surface area contributed by atoms with E-state index in [-0.39, 0.29) is 6.04 Å². The average molecular weight is 326 g/mol. The van der Waals surface area contributed by atoms with Crippen LogP contribution in [0.25, 0.3) is 10.8 Å². The lowest BCUT2D eigenvalue weighted by Crippen LogP contribution is -2.13. The van der Waals surface area contributed by atoms with Crippen LogP contribution in [0.1, 0.15) is 17.2 Å². The highest BCUT2D eigenvalue weighted by atomic mass is 79.9. The van der Waals surface area contributed by atoms with Crippen molar-refractivity contribution in [1.29, 1.82) is 0 Å². The van der Waals surface area contributed by atoms with Crippen molar-refractivity contribution in [3.05, 3.63) is 82.3 Å². The molecule has 0 aliphatic carbocycles. The fraction of sp³-hybridized carbons (Fsp3) is 0.111. The van der Waals surface area contributed by atoms with E-state index in [4.69, 9.17) is 5.73 Å². The Hall–Kier alpha value is -1.64. The minimum absolute atomic E-state index is 0.0123. The third-order valence-electron chi connectivity index (χ3n) is 3.60. The SMILES string of the molecule is NC(Cc1ccccc1Br)c1ccc2ccccc2c1. The van der Waals surface area contributed by atoms with Gasteiger partial charge in [0.15, 0.2) is 0 Å². The predicted octanol–water partition coefficient (Wildman–Crippen LogP) is 4.84. The van der Waals surface area contributed by atoms with Crippen LogP contribution >= 0.6 is 15.9 Å². The Morgan fingerprint density at radius 1 is 0.850 bits per heavy atom. The summed E-state index contributed by atoms with van der Waals surface area (Å²) in [6.07, 6.45) is 0.833. The predicted molar refractivity (Wildman–Crippen MR) is 88.7 cm³/mol. The summed E-state index contributed by atoms with van der Waals surface area (Å²) < 4.78 is 1.12. The molecule has 1 atom stereocenters. The number of nitrogens with two attached hydrogens (primary N) is 1. The van der Waals surface area contributed by atoms with E-state index in [9.17, 15) is 0 Å². The van der Waals surface area contributed by atoms with Crippen LogP contribution in [0.3, 0.4) is 0 Å². The van der Waals surface area contributed by atoms with Crippen molar-refractivity contribution >= 4 is 26.7 Å². The Balaban J connectivity index is 1.89. The van der Waals surface area contributed by atoms with Crippen molar-refractivity contribution < 1.29 is 0 Å². The van der Waals surface area contributed by atoms with E-state index in [0.717, 1.165) is 10.9 Å². The molecular weight excluding hydrogens is 310 g/mol. The molecule has 3 aromatic rings. The van der Waals surface area contributed by atoms with Crippen LogP contribution in [0, 0.1) is 0 Å². The fourth-order valence-corrected chi connectivity index (χ4v) is 2.90. The first kappa shape index (κ1) is 13.3. The summed E-state index contributed by atoms with van der Waals surface area (Å²) in [6, 6.07) is 23.1. The summed E-state index contributed by atoms with van der Waals surface area (Å²) in [5, 5.41) is 2.50. The van der Waals surface area contributed by atoms with Gasteiger partial charge in [-0.15, -0.1) is 0 Å². The molecule has 20 heavy (non-hydrogen) atoms. The zero-order chi connectivity index (χ0) is 13.9. The zero-order valence-corrected chi connectivity index (χ0v) is 12.7. The molecule has 0 spiro atoms. The smallest absolute Gasteiger partial charge is 0.0336 e. The lowest BCUT2D eigenvalue weighted by atomic mass is 9.97. The van der Waals surface area contributed by atoms with Crippen LogP contribution in [-0.2, 0) is 6.42 Å². The molecular formula is C18H16BrN. The Morgan fingerprint density at radius 3 is 2.35 bits per heavy atom. The third kappa shape index (κ3) is 2.77. The zero-order valence-electron chi connectivity index (χ0n) is 11.1. The van der Waals surface area contributed by atoms with Gasteiger partial charge >= 0.3 is 0 Å². The normalized spacial score (nSPS) is 12.5. The highest BCUT2D eigenvalue weighted by molar-refractivity contribution is 9.10. The second-order valence-corrected chi connectivity index (χ2v) is 5.86. The summed E-state index contributed by atoms with van der Waals surface area (Å²) in [7, 11) is 0. The molecule has 1 unspecified atom stereocenters. The molecule has 0 saturated heterocycles. The molecule has 0 saturated carbocycles. The maximum atomic E-state index is 6.37. The van der Waals surface area contributed by atoms with Crippen molar-refractivity contribution in [2.45, 2.75) is 12.5 Å². The molecule has 1 nitrogen and oxygen atoms in total. The Kier molecular flexibility index (Phi) is 3.86. The number of hydrogen-bond donors (Lipinski definition) is 1. The van der Waals surface area contributed by atoms with E-state index < -0.39 is 0 Å². The van der Waals surface area contributed by atoms with Gasteiger partial charge in [0.2, 0.25) is 0 Å². The van der Waals surface area contributed by atoms with E-state index >= 15 is 0 Å². The number of hydrogen-bond acceptors (Lipinski definition) is 1. The Bertz CT molecular complexity index is 736. The van der Waals surface area contributed by atoms with Crippen molar-refractivity contribution in [3.8, 4) is 0 Å². The summed E-state index contributed by atoms with van der Waals surface area (Å²) in [5.41, 5.74) is 8.79. The van der Waals surface area contributed by atoms with Gasteiger partial charge in [0.05, 0.1) is 0 Å². The van der Waals surface area contributed by atoms with Gasteiger partial charge in [-0.1, -0.05) is 70.5 Å². The summed E-state index contributed by atoms with van der Waals surface area (Å²) in [5.74, 6) is 0. The molecule has 2 heteroatoms.